The van der Waals surface area contributed by atoms with Gasteiger partial charge in [-0.05, 0) is 43.5 Å². The minimum absolute atomic E-state index is 0.0105. The number of ether oxygens (including phenoxy) is 2. The average Bonchev–Trinajstić information content (AvgIpc) is 2.45. The molecule has 0 fully saturated rings. The first-order valence-electron chi connectivity index (χ1n) is 7.39. The van der Waals surface area contributed by atoms with Crippen molar-refractivity contribution in [2.45, 2.75) is 39.3 Å². The third-order valence-electron chi connectivity index (χ3n) is 3.57. The van der Waals surface area contributed by atoms with Crippen molar-refractivity contribution in [2.75, 3.05) is 19.8 Å². The van der Waals surface area contributed by atoms with Crippen LogP contribution in [0.2, 0.25) is 0 Å². The first-order chi connectivity index (χ1) is 9.58. The zero-order valence-corrected chi connectivity index (χ0v) is 12.6. The van der Waals surface area contributed by atoms with Gasteiger partial charge in [0.25, 0.3) is 0 Å². The molecule has 0 aromatic heterocycles. The van der Waals surface area contributed by atoms with Gasteiger partial charge >= 0.3 is 0 Å². The number of benzene rings is 1. The summed E-state index contributed by atoms with van der Waals surface area (Å²) in [6.45, 7) is 8.46. The predicted molar refractivity (Wildman–Crippen MR) is 79.3 cm³/mol. The van der Waals surface area contributed by atoms with Gasteiger partial charge in [-0.15, -0.1) is 0 Å². The van der Waals surface area contributed by atoms with Crippen LogP contribution in [0.1, 0.15) is 38.9 Å². The molecule has 20 heavy (non-hydrogen) atoms. The van der Waals surface area contributed by atoms with Crippen molar-refractivity contribution in [3.63, 3.8) is 0 Å². The zero-order valence-electron chi connectivity index (χ0n) is 12.6. The van der Waals surface area contributed by atoms with E-state index >= 15 is 0 Å². The minimum atomic E-state index is -0.544. The summed E-state index contributed by atoms with van der Waals surface area (Å²) in [4.78, 5) is 0. The Morgan fingerprint density at radius 2 is 1.85 bits per heavy atom. The maximum absolute atomic E-state index is 10.4. The summed E-state index contributed by atoms with van der Waals surface area (Å²) in [5.74, 6) is 2.15. The highest BCUT2D eigenvalue weighted by molar-refractivity contribution is 5.44. The van der Waals surface area contributed by atoms with Gasteiger partial charge in [-0.25, -0.2) is 0 Å². The van der Waals surface area contributed by atoms with Gasteiger partial charge in [0.1, 0.15) is 13.2 Å². The summed E-state index contributed by atoms with van der Waals surface area (Å²) < 4.78 is 11.0. The second kappa shape index (κ2) is 6.95. The molecule has 112 valence electrons. The fraction of sp³-hybridized carbons (Fsp3) is 0.625. The number of hydrogen-bond donors (Lipinski definition) is 2. The molecule has 1 aromatic rings. The van der Waals surface area contributed by atoms with E-state index in [-0.39, 0.29) is 6.04 Å². The molecule has 2 atom stereocenters. The lowest BCUT2D eigenvalue weighted by molar-refractivity contribution is 0.133. The van der Waals surface area contributed by atoms with E-state index in [0.717, 1.165) is 30.0 Å². The largest absolute Gasteiger partial charge is 0.486 e. The molecule has 0 saturated heterocycles. The first kappa shape index (κ1) is 15.1. The number of fused-ring (bicyclic) bond motifs is 1. The highest BCUT2D eigenvalue weighted by Crippen LogP contribution is 2.33. The molecule has 4 heteroatoms. The molecule has 0 radical (unpaired) electrons. The van der Waals surface area contributed by atoms with Gasteiger partial charge < -0.3 is 19.9 Å². The molecule has 4 nitrogen and oxygen atoms in total. The molecule has 0 aliphatic carbocycles. The van der Waals surface area contributed by atoms with E-state index in [9.17, 15) is 5.11 Å². The highest BCUT2D eigenvalue weighted by atomic mass is 16.6. The number of hydrogen-bond acceptors (Lipinski definition) is 4. The topological polar surface area (TPSA) is 50.7 Å². The number of nitrogens with one attached hydrogen (secondary N) is 1. The van der Waals surface area contributed by atoms with Gasteiger partial charge in [0, 0.05) is 6.04 Å². The van der Waals surface area contributed by atoms with Crippen LogP contribution in [0.3, 0.4) is 0 Å². The molecule has 0 saturated carbocycles. The molecular weight excluding hydrogens is 254 g/mol. The molecular formula is C16H25NO3. The Balaban J connectivity index is 1.95. The van der Waals surface area contributed by atoms with Crippen LogP contribution < -0.4 is 14.8 Å². The van der Waals surface area contributed by atoms with E-state index in [0.29, 0.717) is 19.1 Å². The lowest BCUT2D eigenvalue weighted by Gasteiger charge is -2.24. The normalized spacial score (nSPS) is 17.1. The van der Waals surface area contributed by atoms with Crippen molar-refractivity contribution in [3.05, 3.63) is 23.8 Å². The summed E-state index contributed by atoms with van der Waals surface area (Å²) in [7, 11) is 0. The van der Waals surface area contributed by atoms with Crippen LogP contribution in [0.25, 0.3) is 0 Å². The summed E-state index contributed by atoms with van der Waals surface area (Å²) >= 11 is 0. The molecule has 2 unspecified atom stereocenters. The van der Waals surface area contributed by atoms with Crippen molar-refractivity contribution >= 4 is 0 Å². The Hall–Kier alpha value is -1.26. The lowest BCUT2D eigenvalue weighted by Crippen LogP contribution is -2.33. The monoisotopic (exact) mass is 279 g/mol. The Morgan fingerprint density at radius 1 is 1.15 bits per heavy atom. The maximum atomic E-state index is 10.4. The van der Waals surface area contributed by atoms with Gasteiger partial charge in [-0.1, -0.05) is 19.9 Å². The molecule has 1 aliphatic heterocycles. The molecule has 0 bridgehead atoms. The van der Waals surface area contributed by atoms with Crippen LogP contribution in [-0.4, -0.2) is 30.9 Å². The highest BCUT2D eigenvalue weighted by Gasteiger charge is 2.19. The van der Waals surface area contributed by atoms with Crippen LogP contribution >= 0.6 is 0 Å². The van der Waals surface area contributed by atoms with E-state index < -0.39 is 6.10 Å². The molecule has 1 heterocycles. The second-order valence-corrected chi connectivity index (χ2v) is 5.77. The first-order valence-corrected chi connectivity index (χ1v) is 7.39. The third-order valence-corrected chi connectivity index (χ3v) is 3.57. The van der Waals surface area contributed by atoms with E-state index in [1.807, 2.05) is 25.1 Å². The Kier molecular flexibility index (Phi) is 5.26. The van der Waals surface area contributed by atoms with Gasteiger partial charge in [0.05, 0.1) is 6.10 Å². The fourth-order valence-corrected chi connectivity index (χ4v) is 2.24. The summed E-state index contributed by atoms with van der Waals surface area (Å²) in [5.41, 5.74) is 0.860. The molecule has 1 aliphatic rings. The van der Waals surface area contributed by atoms with Gasteiger partial charge in [-0.3, -0.25) is 0 Å². The van der Waals surface area contributed by atoms with E-state index in [1.165, 1.54) is 0 Å². The van der Waals surface area contributed by atoms with Gasteiger partial charge in [0.2, 0.25) is 0 Å². The Morgan fingerprint density at radius 3 is 2.55 bits per heavy atom. The van der Waals surface area contributed by atoms with E-state index in [1.54, 1.807) is 0 Å². The smallest absolute Gasteiger partial charge is 0.161 e. The van der Waals surface area contributed by atoms with E-state index in [4.69, 9.17) is 9.47 Å². The second-order valence-electron chi connectivity index (χ2n) is 5.77. The van der Waals surface area contributed by atoms with Crippen molar-refractivity contribution in [1.29, 1.82) is 0 Å². The Labute approximate surface area is 121 Å². The minimum Gasteiger partial charge on any atom is -0.486 e. The van der Waals surface area contributed by atoms with Crippen molar-refractivity contribution in [3.8, 4) is 11.5 Å². The van der Waals surface area contributed by atoms with Crippen molar-refractivity contribution in [1.82, 2.24) is 5.32 Å². The molecule has 2 rings (SSSR count). The number of rotatable bonds is 6. The predicted octanol–water partition coefficient (Wildman–Crippen LogP) is 2.52. The molecule has 1 aromatic carbocycles. The standard InChI is InChI=1S/C16H25NO3/c1-11(2)6-7-17-12(3)16(18)13-4-5-14-15(10-13)20-9-8-19-14/h4-5,10-12,16-18H,6-9H2,1-3H3. The summed E-state index contributed by atoms with van der Waals surface area (Å²) in [5, 5.41) is 13.8. The lowest BCUT2D eigenvalue weighted by atomic mass is 10.0. The zero-order chi connectivity index (χ0) is 14.5. The van der Waals surface area contributed by atoms with E-state index in [2.05, 4.69) is 19.2 Å². The average molecular weight is 279 g/mol. The summed E-state index contributed by atoms with van der Waals surface area (Å²) in [6.07, 6.45) is 0.566. The molecule has 2 N–H and O–H groups in total. The quantitative estimate of drug-likeness (QED) is 0.840. The number of aliphatic hydroxyl groups excluding tert-OH is 1. The third kappa shape index (κ3) is 3.87. The van der Waals surface area contributed by atoms with Crippen LogP contribution in [0.4, 0.5) is 0 Å². The Bertz CT molecular complexity index is 434. The maximum Gasteiger partial charge on any atom is 0.161 e. The van der Waals surface area contributed by atoms with Crippen LogP contribution in [0.15, 0.2) is 18.2 Å². The summed E-state index contributed by atoms with van der Waals surface area (Å²) in [6, 6.07) is 5.66. The molecule has 0 amide bonds. The van der Waals surface area contributed by atoms with Crippen LogP contribution in [0, 0.1) is 5.92 Å². The molecule has 0 spiro atoms. The SMILES string of the molecule is CC(C)CCNC(C)C(O)c1ccc2c(c1)OCCO2. The number of aliphatic hydroxyl groups is 1. The fourth-order valence-electron chi connectivity index (χ4n) is 2.24. The van der Waals surface area contributed by atoms with Gasteiger partial charge in [0.15, 0.2) is 11.5 Å². The van der Waals surface area contributed by atoms with Crippen molar-refractivity contribution in [2.24, 2.45) is 5.92 Å². The van der Waals surface area contributed by atoms with Crippen molar-refractivity contribution < 1.29 is 14.6 Å². The van der Waals surface area contributed by atoms with Crippen LogP contribution in [-0.2, 0) is 0 Å². The van der Waals surface area contributed by atoms with Crippen LogP contribution in [0.5, 0.6) is 11.5 Å². The van der Waals surface area contributed by atoms with Gasteiger partial charge in [-0.2, -0.15) is 0 Å².